The molecule has 1 amide bonds. The Kier molecular flexibility index (Phi) is 4.89. The van der Waals surface area contributed by atoms with Crippen molar-refractivity contribution in [2.24, 2.45) is 0 Å². The Morgan fingerprint density at radius 2 is 2.00 bits per heavy atom. The predicted octanol–water partition coefficient (Wildman–Crippen LogP) is 3.13. The molecule has 0 spiro atoms. The van der Waals surface area contributed by atoms with Gasteiger partial charge in [-0.2, -0.15) is 5.26 Å². The highest BCUT2D eigenvalue weighted by Gasteiger charge is 2.10. The van der Waals surface area contributed by atoms with Crippen LogP contribution in [0, 0.1) is 23.0 Å². The number of nitrogens with one attached hydrogen (secondary N) is 2. The molecular weight excluding hydrogens is 304 g/mol. The van der Waals surface area contributed by atoms with Gasteiger partial charge in [-0.05, 0) is 24.3 Å². The van der Waals surface area contributed by atoms with Crippen molar-refractivity contribution >= 4 is 17.3 Å². The zero-order valence-electron chi connectivity index (χ0n) is 11.7. The fraction of sp³-hybridized carbons (Fsp3) is 0. The number of nitrogens with zero attached hydrogens (tertiary/aromatic N) is 1. The van der Waals surface area contributed by atoms with Gasteiger partial charge in [0.05, 0.1) is 5.69 Å². The summed E-state index contributed by atoms with van der Waals surface area (Å²) in [7, 11) is 0. The number of nitriles is 1. The van der Waals surface area contributed by atoms with Gasteiger partial charge in [-0.25, -0.2) is 8.78 Å². The maximum Gasteiger partial charge on any atom is 0.267 e. The van der Waals surface area contributed by atoms with Crippen LogP contribution < -0.4 is 10.6 Å². The zero-order valence-corrected chi connectivity index (χ0v) is 11.7. The normalized spacial score (nSPS) is 10.7. The molecule has 0 aliphatic rings. The number of anilines is 2. The summed E-state index contributed by atoms with van der Waals surface area (Å²) in [6.07, 6.45) is 0.968. The summed E-state index contributed by atoms with van der Waals surface area (Å²) in [4.78, 5) is 11.9. The first kappa shape index (κ1) is 16.0. The summed E-state index contributed by atoms with van der Waals surface area (Å²) in [5, 5.41) is 23.1. The van der Waals surface area contributed by atoms with Gasteiger partial charge < -0.3 is 15.7 Å². The van der Waals surface area contributed by atoms with E-state index in [2.05, 4.69) is 10.6 Å². The second-order valence-electron chi connectivity index (χ2n) is 4.44. The van der Waals surface area contributed by atoms with E-state index in [4.69, 9.17) is 5.26 Å². The first-order chi connectivity index (χ1) is 11.0. The number of rotatable bonds is 4. The summed E-state index contributed by atoms with van der Waals surface area (Å²) in [5.74, 6) is -2.20. The number of carbonyl (C=O) groups excluding carboxylic acids is 1. The standard InChI is InChI=1S/C16H11F2N3O2/c17-11-4-5-14(18)15(6-11)20-9-10(8-19)16(23)21-12-2-1-3-13(22)7-12/h1-7,9,20,22H,(H,21,23)/b10-9-. The number of amides is 1. The maximum atomic E-state index is 13.4. The van der Waals surface area contributed by atoms with Crippen molar-refractivity contribution in [1.29, 1.82) is 5.26 Å². The Hall–Kier alpha value is -3.40. The minimum Gasteiger partial charge on any atom is -0.508 e. The van der Waals surface area contributed by atoms with Crippen LogP contribution in [0.2, 0.25) is 0 Å². The van der Waals surface area contributed by atoms with E-state index in [1.807, 2.05) is 0 Å². The highest BCUT2D eigenvalue weighted by molar-refractivity contribution is 6.06. The van der Waals surface area contributed by atoms with Crippen molar-refractivity contribution in [2.75, 3.05) is 10.6 Å². The van der Waals surface area contributed by atoms with Gasteiger partial charge in [0.25, 0.3) is 5.91 Å². The molecule has 0 heterocycles. The number of phenolic OH excluding ortho intramolecular Hbond substituents is 1. The fourth-order valence-electron chi connectivity index (χ4n) is 1.69. The molecule has 0 atom stereocenters. The lowest BCUT2D eigenvalue weighted by atomic mass is 10.2. The summed E-state index contributed by atoms with van der Waals surface area (Å²) in [6, 6.07) is 10.2. The second kappa shape index (κ2) is 7.04. The van der Waals surface area contributed by atoms with Gasteiger partial charge in [0.15, 0.2) is 0 Å². The van der Waals surface area contributed by atoms with Crippen molar-refractivity contribution < 1.29 is 18.7 Å². The molecule has 0 aliphatic heterocycles. The van der Waals surface area contributed by atoms with Crippen LogP contribution >= 0.6 is 0 Å². The van der Waals surface area contributed by atoms with Crippen LogP contribution in [0.4, 0.5) is 20.2 Å². The molecule has 0 unspecified atom stereocenters. The SMILES string of the molecule is N#C/C(=C/Nc1cc(F)ccc1F)C(=O)Nc1cccc(O)c1. The Morgan fingerprint density at radius 1 is 1.22 bits per heavy atom. The third-order valence-electron chi connectivity index (χ3n) is 2.77. The second-order valence-corrected chi connectivity index (χ2v) is 4.44. The van der Waals surface area contributed by atoms with E-state index in [1.165, 1.54) is 24.3 Å². The third kappa shape index (κ3) is 4.28. The molecule has 3 N–H and O–H groups in total. The molecule has 0 fully saturated rings. The number of halogens is 2. The van der Waals surface area contributed by atoms with E-state index in [0.29, 0.717) is 0 Å². The maximum absolute atomic E-state index is 13.4. The minimum atomic E-state index is -0.762. The van der Waals surface area contributed by atoms with Crippen LogP contribution in [0.25, 0.3) is 0 Å². The fourth-order valence-corrected chi connectivity index (χ4v) is 1.69. The summed E-state index contributed by atoms with van der Waals surface area (Å²) in [5.41, 5.74) is -0.270. The number of phenols is 1. The van der Waals surface area contributed by atoms with Gasteiger partial charge in [0.2, 0.25) is 0 Å². The Bertz CT molecular complexity index is 813. The molecular formula is C16H11F2N3O2. The van der Waals surface area contributed by atoms with E-state index in [-0.39, 0.29) is 22.7 Å². The molecule has 0 saturated carbocycles. The highest BCUT2D eigenvalue weighted by Crippen LogP contribution is 2.17. The Labute approximate surface area is 130 Å². The first-order valence-corrected chi connectivity index (χ1v) is 6.42. The monoisotopic (exact) mass is 315 g/mol. The molecule has 23 heavy (non-hydrogen) atoms. The van der Waals surface area contributed by atoms with Crippen LogP contribution in [0.3, 0.4) is 0 Å². The van der Waals surface area contributed by atoms with Gasteiger partial charge in [-0.15, -0.1) is 0 Å². The zero-order chi connectivity index (χ0) is 16.8. The lowest BCUT2D eigenvalue weighted by molar-refractivity contribution is -0.112. The first-order valence-electron chi connectivity index (χ1n) is 6.42. The molecule has 0 bridgehead atoms. The molecule has 0 aliphatic carbocycles. The predicted molar refractivity (Wildman–Crippen MR) is 80.4 cm³/mol. The smallest absolute Gasteiger partial charge is 0.267 e. The van der Waals surface area contributed by atoms with E-state index in [9.17, 15) is 18.7 Å². The number of benzene rings is 2. The molecule has 2 rings (SSSR count). The molecule has 7 heteroatoms. The molecule has 2 aromatic carbocycles. The summed E-state index contributed by atoms with van der Waals surface area (Å²) in [6.45, 7) is 0. The lowest BCUT2D eigenvalue weighted by Gasteiger charge is -2.06. The van der Waals surface area contributed by atoms with Crippen molar-refractivity contribution in [3.8, 4) is 11.8 Å². The van der Waals surface area contributed by atoms with Gasteiger partial charge in [-0.3, -0.25) is 4.79 Å². The molecule has 0 saturated heterocycles. The quantitative estimate of drug-likeness (QED) is 0.598. The van der Waals surface area contributed by atoms with E-state index >= 15 is 0 Å². The average molecular weight is 315 g/mol. The Morgan fingerprint density at radius 3 is 2.70 bits per heavy atom. The summed E-state index contributed by atoms with van der Waals surface area (Å²) >= 11 is 0. The van der Waals surface area contributed by atoms with E-state index in [0.717, 1.165) is 24.4 Å². The van der Waals surface area contributed by atoms with Gasteiger partial charge in [0, 0.05) is 24.0 Å². The summed E-state index contributed by atoms with van der Waals surface area (Å²) < 4.78 is 26.5. The Balaban J connectivity index is 2.14. The van der Waals surface area contributed by atoms with E-state index < -0.39 is 17.5 Å². The van der Waals surface area contributed by atoms with Crippen molar-refractivity contribution in [2.45, 2.75) is 0 Å². The van der Waals surface area contributed by atoms with Crippen LogP contribution in [0.1, 0.15) is 0 Å². The molecule has 0 aromatic heterocycles. The van der Waals surface area contributed by atoms with Crippen molar-refractivity contribution in [1.82, 2.24) is 0 Å². The topological polar surface area (TPSA) is 85.2 Å². The van der Waals surface area contributed by atoms with Crippen molar-refractivity contribution in [3.63, 3.8) is 0 Å². The number of carbonyl (C=O) groups is 1. The number of aromatic hydroxyl groups is 1. The molecule has 0 radical (unpaired) electrons. The van der Waals surface area contributed by atoms with Gasteiger partial charge >= 0.3 is 0 Å². The van der Waals surface area contributed by atoms with Gasteiger partial charge in [0.1, 0.15) is 29.0 Å². The number of hydrogen-bond donors (Lipinski definition) is 3. The van der Waals surface area contributed by atoms with Crippen LogP contribution in [-0.2, 0) is 4.79 Å². The third-order valence-corrected chi connectivity index (χ3v) is 2.77. The van der Waals surface area contributed by atoms with Crippen LogP contribution in [0.15, 0.2) is 54.2 Å². The lowest BCUT2D eigenvalue weighted by Crippen LogP contribution is -2.14. The molecule has 116 valence electrons. The van der Waals surface area contributed by atoms with Crippen LogP contribution in [-0.4, -0.2) is 11.0 Å². The van der Waals surface area contributed by atoms with Crippen LogP contribution in [0.5, 0.6) is 5.75 Å². The largest absolute Gasteiger partial charge is 0.508 e. The number of hydrogen-bond acceptors (Lipinski definition) is 4. The minimum absolute atomic E-state index is 0.0507. The highest BCUT2D eigenvalue weighted by atomic mass is 19.1. The average Bonchev–Trinajstić information content (AvgIpc) is 2.51. The molecule has 5 nitrogen and oxygen atoms in total. The van der Waals surface area contributed by atoms with Gasteiger partial charge in [-0.1, -0.05) is 6.07 Å². The van der Waals surface area contributed by atoms with Crippen molar-refractivity contribution in [3.05, 3.63) is 65.9 Å². The van der Waals surface area contributed by atoms with E-state index in [1.54, 1.807) is 6.07 Å². The molecule has 2 aromatic rings.